The van der Waals surface area contributed by atoms with E-state index in [0.717, 1.165) is 11.3 Å². The molecule has 0 spiro atoms. The Hall–Kier alpha value is -0.870. The summed E-state index contributed by atoms with van der Waals surface area (Å²) < 4.78 is 0. The number of hydrogen-bond acceptors (Lipinski definition) is 0. The summed E-state index contributed by atoms with van der Waals surface area (Å²) in [6, 6.07) is 11.2. The third-order valence-electron chi connectivity index (χ3n) is 6.24. The van der Waals surface area contributed by atoms with Crippen LogP contribution in [-0.4, -0.2) is 11.3 Å². The van der Waals surface area contributed by atoms with Crippen molar-refractivity contribution >= 4 is 13.5 Å². The monoisotopic (exact) mass is 338 g/mol. The maximum atomic E-state index is 2.44. The van der Waals surface area contributed by atoms with Crippen LogP contribution in [0, 0.1) is 0 Å². The molecule has 3 aliphatic rings. The highest BCUT2D eigenvalue weighted by Gasteiger charge is 2.35. The minimum atomic E-state index is 0.0561. The van der Waals surface area contributed by atoms with Gasteiger partial charge in [0.1, 0.15) is 0 Å². The second-order valence-corrected chi connectivity index (χ2v) is 10.6. The fourth-order valence-electron chi connectivity index (χ4n) is 5.08. The van der Waals surface area contributed by atoms with Gasteiger partial charge in [-0.15, -0.1) is 0 Å². The summed E-state index contributed by atoms with van der Waals surface area (Å²) in [6.45, 7) is 0. The SMILES string of the molecule is C1=CC(c2ccccc2)=C(P(C2CCCCC2)C2CCCCC2)C1. The zero-order valence-electron chi connectivity index (χ0n) is 14.9. The molecule has 1 aromatic rings. The van der Waals surface area contributed by atoms with Crippen molar-refractivity contribution in [2.24, 2.45) is 0 Å². The molecule has 0 radical (unpaired) electrons. The molecular formula is C23H31P. The number of allylic oxidation sites excluding steroid dienone is 4. The molecule has 0 heterocycles. The van der Waals surface area contributed by atoms with Crippen LogP contribution in [0.1, 0.15) is 76.2 Å². The third-order valence-corrected chi connectivity index (χ3v) is 9.89. The normalized spacial score (nSPS) is 23.4. The lowest BCUT2D eigenvalue weighted by atomic mass is 9.99. The first kappa shape index (κ1) is 16.6. The van der Waals surface area contributed by atoms with E-state index in [1.165, 1.54) is 76.2 Å². The highest BCUT2D eigenvalue weighted by atomic mass is 31.1. The summed E-state index contributed by atoms with van der Waals surface area (Å²) in [6.07, 6.45) is 21.0. The molecule has 1 aromatic carbocycles. The molecule has 2 saturated carbocycles. The third kappa shape index (κ3) is 3.55. The lowest BCUT2D eigenvalue weighted by Gasteiger charge is -2.40. The van der Waals surface area contributed by atoms with Crippen LogP contribution in [-0.2, 0) is 0 Å². The van der Waals surface area contributed by atoms with Gasteiger partial charge in [0.2, 0.25) is 0 Å². The van der Waals surface area contributed by atoms with E-state index in [4.69, 9.17) is 0 Å². The van der Waals surface area contributed by atoms with Gasteiger partial charge in [-0.2, -0.15) is 0 Å². The second kappa shape index (κ2) is 8.01. The standard InChI is InChI=1S/C23H31P/c1-4-11-19(12-5-1)22-17-10-18-23(22)24(20-13-6-2-7-14-20)21-15-8-3-9-16-21/h1,4-5,10-12,17,20-21H,2-3,6-9,13-16,18H2. The number of benzene rings is 1. The van der Waals surface area contributed by atoms with Gasteiger partial charge in [-0.3, -0.25) is 0 Å². The summed E-state index contributed by atoms with van der Waals surface area (Å²) in [5.41, 5.74) is 5.09. The molecule has 1 heteroatoms. The first-order chi connectivity index (χ1) is 11.9. The van der Waals surface area contributed by atoms with Crippen molar-refractivity contribution in [3.8, 4) is 0 Å². The number of hydrogen-bond donors (Lipinski definition) is 0. The molecule has 3 aliphatic carbocycles. The van der Waals surface area contributed by atoms with Gasteiger partial charge in [-0.1, -0.05) is 88.9 Å². The fraction of sp³-hybridized carbons (Fsp3) is 0.565. The summed E-state index contributed by atoms with van der Waals surface area (Å²) in [7, 11) is 0.0561. The average molecular weight is 338 g/mol. The Bertz CT molecular complexity index is 568. The molecule has 0 unspecified atom stereocenters. The lowest BCUT2D eigenvalue weighted by molar-refractivity contribution is 0.486. The average Bonchev–Trinajstić information content (AvgIpc) is 3.14. The Morgan fingerprint density at radius 3 is 1.88 bits per heavy atom. The van der Waals surface area contributed by atoms with E-state index >= 15 is 0 Å². The van der Waals surface area contributed by atoms with E-state index in [-0.39, 0.29) is 7.92 Å². The summed E-state index contributed by atoms with van der Waals surface area (Å²) in [5.74, 6) is 0. The molecule has 4 rings (SSSR count). The molecule has 0 aromatic heterocycles. The van der Waals surface area contributed by atoms with Crippen molar-refractivity contribution < 1.29 is 0 Å². The van der Waals surface area contributed by atoms with Crippen molar-refractivity contribution in [1.82, 2.24) is 0 Å². The smallest absolute Gasteiger partial charge is 0.00833 e. The van der Waals surface area contributed by atoms with Gasteiger partial charge < -0.3 is 0 Å². The van der Waals surface area contributed by atoms with Gasteiger partial charge in [-0.25, -0.2) is 0 Å². The van der Waals surface area contributed by atoms with Crippen LogP contribution in [0.3, 0.4) is 0 Å². The topological polar surface area (TPSA) is 0 Å². The molecule has 2 fully saturated rings. The predicted octanol–water partition coefficient (Wildman–Crippen LogP) is 7.50. The van der Waals surface area contributed by atoms with E-state index in [1.54, 1.807) is 5.57 Å². The Morgan fingerprint density at radius 1 is 0.708 bits per heavy atom. The van der Waals surface area contributed by atoms with Crippen molar-refractivity contribution in [1.29, 1.82) is 0 Å². The Kier molecular flexibility index (Phi) is 5.53. The van der Waals surface area contributed by atoms with Crippen LogP contribution >= 0.6 is 7.92 Å². The Morgan fingerprint density at radius 2 is 1.29 bits per heavy atom. The van der Waals surface area contributed by atoms with Crippen LogP contribution in [0.25, 0.3) is 5.57 Å². The van der Waals surface area contributed by atoms with Crippen LogP contribution in [0.15, 0.2) is 47.8 Å². The van der Waals surface area contributed by atoms with E-state index in [2.05, 4.69) is 42.5 Å². The van der Waals surface area contributed by atoms with E-state index in [9.17, 15) is 0 Å². The van der Waals surface area contributed by atoms with Gasteiger partial charge in [0.25, 0.3) is 0 Å². The van der Waals surface area contributed by atoms with Crippen LogP contribution in [0.4, 0.5) is 0 Å². The van der Waals surface area contributed by atoms with Crippen molar-refractivity contribution in [2.75, 3.05) is 0 Å². The van der Waals surface area contributed by atoms with Crippen molar-refractivity contribution in [3.05, 3.63) is 53.4 Å². The van der Waals surface area contributed by atoms with E-state index in [1.807, 2.05) is 5.31 Å². The van der Waals surface area contributed by atoms with Crippen molar-refractivity contribution in [3.63, 3.8) is 0 Å². The molecule has 24 heavy (non-hydrogen) atoms. The first-order valence-corrected chi connectivity index (χ1v) is 11.6. The molecule has 0 amide bonds. The van der Waals surface area contributed by atoms with Gasteiger partial charge in [0, 0.05) is 0 Å². The molecular weight excluding hydrogens is 307 g/mol. The quantitative estimate of drug-likeness (QED) is 0.498. The minimum absolute atomic E-state index is 0.0561. The van der Waals surface area contributed by atoms with E-state index in [0.29, 0.717) is 0 Å². The number of rotatable bonds is 4. The Balaban J connectivity index is 1.68. The molecule has 0 saturated heterocycles. The van der Waals surface area contributed by atoms with E-state index < -0.39 is 0 Å². The predicted molar refractivity (Wildman–Crippen MR) is 108 cm³/mol. The zero-order valence-corrected chi connectivity index (χ0v) is 15.8. The maximum absolute atomic E-state index is 2.44. The van der Waals surface area contributed by atoms with Crippen LogP contribution < -0.4 is 0 Å². The van der Waals surface area contributed by atoms with Crippen LogP contribution in [0.5, 0.6) is 0 Å². The maximum Gasteiger partial charge on any atom is -0.00833 e. The zero-order chi connectivity index (χ0) is 16.2. The Labute approximate surface area is 149 Å². The molecule has 0 nitrogen and oxygen atoms in total. The summed E-state index contributed by atoms with van der Waals surface area (Å²) >= 11 is 0. The summed E-state index contributed by atoms with van der Waals surface area (Å²) in [5, 5.41) is 1.86. The fourth-order valence-corrected chi connectivity index (χ4v) is 9.20. The minimum Gasteiger partial charge on any atom is -0.0794 e. The molecule has 0 N–H and O–H groups in total. The molecule has 0 bridgehead atoms. The summed E-state index contributed by atoms with van der Waals surface area (Å²) in [4.78, 5) is 0. The largest absolute Gasteiger partial charge is 0.0794 e. The second-order valence-electron chi connectivity index (χ2n) is 7.82. The van der Waals surface area contributed by atoms with Crippen molar-refractivity contribution in [2.45, 2.75) is 81.9 Å². The first-order valence-electron chi connectivity index (χ1n) is 10.2. The highest BCUT2D eigenvalue weighted by Crippen LogP contribution is 2.64. The van der Waals surface area contributed by atoms with Gasteiger partial charge in [0.05, 0.1) is 0 Å². The van der Waals surface area contributed by atoms with Gasteiger partial charge in [0.15, 0.2) is 0 Å². The molecule has 128 valence electrons. The van der Waals surface area contributed by atoms with Gasteiger partial charge in [-0.05, 0) is 59.9 Å². The highest BCUT2D eigenvalue weighted by molar-refractivity contribution is 7.63. The van der Waals surface area contributed by atoms with Crippen LogP contribution in [0.2, 0.25) is 0 Å². The van der Waals surface area contributed by atoms with Gasteiger partial charge >= 0.3 is 0 Å². The molecule has 0 atom stereocenters. The molecule has 0 aliphatic heterocycles. The lowest BCUT2D eigenvalue weighted by Crippen LogP contribution is -2.21.